The normalized spacial score (nSPS) is 15.9. The summed E-state index contributed by atoms with van der Waals surface area (Å²) in [6.07, 6.45) is -0.0779. The Morgan fingerprint density at radius 1 is 1.14 bits per heavy atom. The molecule has 4 aromatic rings. The lowest BCUT2D eigenvalue weighted by molar-refractivity contribution is -0.00115. The van der Waals surface area contributed by atoms with Crippen molar-refractivity contribution in [3.8, 4) is 28.7 Å². The maximum Gasteiger partial charge on any atom is 0.278 e. The first kappa shape index (κ1) is 17.9. The highest BCUT2D eigenvalue weighted by atomic mass is 35.5. The average Bonchev–Trinajstić information content (AvgIpc) is 3.40. The minimum atomic E-state index is -0.0779. The number of hydrogen-bond donors (Lipinski definition) is 0. The van der Waals surface area contributed by atoms with Crippen LogP contribution < -0.4 is 4.74 Å². The molecular formula is C21H17ClN4O3. The lowest BCUT2D eigenvalue weighted by Crippen LogP contribution is -2.21. The zero-order valence-electron chi connectivity index (χ0n) is 15.6. The number of hydrogen-bond acceptors (Lipinski definition) is 6. The molecule has 0 spiro atoms. The van der Waals surface area contributed by atoms with Crippen LogP contribution in [0.5, 0.6) is 5.75 Å². The number of methoxy groups -OCH3 is 1. The van der Waals surface area contributed by atoms with Crippen molar-refractivity contribution in [3.05, 3.63) is 70.9 Å². The molecule has 0 radical (unpaired) electrons. The van der Waals surface area contributed by atoms with E-state index in [1.54, 1.807) is 19.2 Å². The standard InChI is InChI=1S/C21H17ClN4O3/c1-27-17-7-5-13(6-8-17)19-11-26-16(12-28-19)10-18(24-26)21-23-20(25-29-21)14-3-2-4-15(22)9-14/h2-10,19H,11-12H2,1H3/t19-/m1/s1. The first-order valence-corrected chi connectivity index (χ1v) is 9.50. The molecule has 29 heavy (non-hydrogen) atoms. The lowest BCUT2D eigenvalue weighted by atomic mass is 10.1. The van der Waals surface area contributed by atoms with Crippen LogP contribution in [-0.2, 0) is 17.9 Å². The molecule has 1 atom stereocenters. The van der Waals surface area contributed by atoms with Gasteiger partial charge in [-0.1, -0.05) is 41.0 Å². The highest BCUT2D eigenvalue weighted by Crippen LogP contribution is 2.30. The summed E-state index contributed by atoms with van der Waals surface area (Å²) < 4.78 is 18.6. The topological polar surface area (TPSA) is 75.2 Å². The molecule has 5 rings (SSSR count). The van der Waals surface area contributed by atoms with Gasteiger partial charge >= 0.3 is 0 Å². The van der Waals surface area contributed by atoms with E-state index >= 15 is 0 Å². The van der Waals surface area contributed by atoms with E-state index in [4.69, 9.17) is 25.6 Å². The third-order valence-corrected chi connectivity index (χ3v) is 5.09. The fraction of sp³-hybridized carbons (Fsp3) is 0.190. The molecule has 0 N–H and O–H groups in total. The molecule has 0 amide bonds. The Labute approximate surface area is 171 Å². The Morgan fingerprint density at radius 2 is 2.00 bits per heavy atom. The monoisotopic (exact) mass is 408 g/mol. The predicted octanol–water partition coefficient (Wildman–Crippen LogP) is 4.53. The molecule has 0 saturated carbocycles. The Kier molecular flexibility index (Phi) is 4.54. The van der Waals surface area contributed by atoms with E-state index < -0.39 is 0 Å². The van der Waals surface area contributed by atoms with Gasteiger partial charge in [0.15, 0.2) is 5.69 Å². The largest absolute Gasteiger partial charge is 0.497 e. The minimum Gasteiger partial charge on any atom is -0.497 e. The molecule has 0 aliphatic carbocycles. The van der Waals surface area contributed by atoms with Crippen LogP contribution in [0.25, 0.3) is 23.0 Å². The van der Waals surface area contributed by atoms with Crippen LogP contribution >= 0.6 is 11.6 Å². The molecule has 2 aromatic heterocycles. The van der Waals surface area contributed by atoms with Gasteiger partial charge in [-0.2, -0.15) is 10.1 Å². The molecule has 7 nitrogen and oxygen atoms in total. The number of fused-ring (bicyclic) bond motifs is 1. The number of nitrogens with zero attached hydrogens (tertiary/aromatic N) is 4. The van der Waals surface area contributed by atoms with Gasteiger partial charge in [-0.05, 0) is 35.9 Å². The Balaban J connectivity index is 1.38. The van der Waals surface area contributed by atoms with Gasteiger partial charge in [0.2, 0.25) is 5.82 Å². The van der Waals surface area contributed by atoms with Gasteiger partial charge < -0.3 is 14.0 Å². The van der Waals surface area contributed by atoms with Crippen LogP contribution in [-0.4, -0.2) is 27.0 Å². The molecule has 0 unspecified atom stereocenters. The summed E-state index contributed by atoms with van der Waals surface area (Å²) >= 11 is 6.05. The molecule has 1 aliphatic rings. The van der Waals surface area contributed by atoms with E-state index in [0.29, 0.717) is 35.6 Å². The summed E-state index contributed by atoms with van der Waals surface area (Å²) in [5, 5.41) is 9.32. The van der Waals surface area contributed by atoms with Gasteiger partial charge in [-0.15, -0.1) is 0 Å². The molecule has 1 aliphatic heterocycles. The maximum atomic E-state index is 6.05. The molecule has 2 aromatic carbocycles. The summed E-state index contributed by atoms with van der Waals surface area (Å²) in [6, 6.07) is 17.1. The number of ether oxygens (including phenoxy) is 2. The second kappa shape index (κ2) is 7.35. The Morgan fingerprint density at radius 3 is 2.79 bits per heavy atom. The van der Waals surface area contributed by atoms with Crippen LogP contribution in [0.2, 0.25) is 5.02 Å². The quantitative estimate of drug-likeness (QED) is 0.493. The van der Waals surface area contributed by atoms with Crippen molar-refractivity contribution in [3.63, 3.8) is 0 Å². The van der Waals surface area contributed by atoms with Gasteiger partial charge in [0.25, 0.3) is 5.89 Å². The first-order chi connectivity index (χ1) is 14.2. The van der Waals surface area contributed by atoms with Gasteiger partial charge in [0, 0.05) is 10.6 Å². The summed E-state index contributed by atoms with van der Waals surface area (Å²) in [6.45, 7) is 1.07. The zero-order chi connectivity index (χ0) is 19.8. The molecule has 8 heteroatoms. The van der Waals surface area contributed by atoms with Crippen molar-refractivity contribution in [1.29, 1.82) is 0 Å². The fourth-order valence-electron chi connectivity index (χ4n) is 3.32. The highest BCUT2D eigenvalue weighted by Gasteiger charge is 2.24. The summed E-state index contributed by atoms with van der Waals surface area (Å²) in [4.78, 5) is 4.46. The molecule has 146 valence electrons. The number of rotatable bonds is 4. The highest BCUT2D eigenvalue weighted by molar-refractivity contribution is 6.30. The number of halogens is 1. The molecule has 0 fully saturated rings. The maximum absolute atomic E-state index is 6.05. The Hall–Kier alpha value is -3.16. The fourth-order valence-corrected chi connectivity index (χ4v) is 3.51. The van der Waals surface area contributed by atoms with E-state index in [-0.39, 0.29) is 6.10 Å². The van der Waals surface area contributed by atoms with Gasteiger partial charge in [0.1, 0.15) is 11.9 Å². The average molecular weight is 409 g/mol. The van der Waals surface area contributed by atoms with Crippen LogP contribution in [0.4, 0.5) is 0 Å². The predicted molar refractivity (Wildman–Crippen MR) is 106 cm³/mol. The summed E-state index contributed by atoms with van der Waals surface area (Å²) in [5.74, 6) is 1.65. The van der Waals surface area contributed by atoms with E-state index in [2.05, 4.69) is 15.2 Å². The molecule has 3 heterocycles. The molecule has 0 saturated heterocycles. The van der Waals surface area contributed by atoms with E-state index in [9.17, 15) is 0 Å². The van der Waals surface area contributed by atoms with Crippen molar-refractivity contribution in [2.24, 2.45) is 0 Å². The third-order valence-electron chi connectivity index (χ3n) is 4.85. The van der Waals surface area contributed by atoms with Gasteiger partial charge in [0.05, 0.1) is 26.0 Å². The lowest BCUT2D eigenvalue weighted by Gasteiger charge is -2.24. The number of aromatic nitrogens is 4. The third kappa shape index (κ3) is 3.50. The Bertz CT molecular complexity index is 1150. The van der Waals surface area contributed by atoms with Gasteiger partial charge in [-0.3, -0.25) is 4.68 Å². The first-order valence-electron chi connectivity index (χ1n) is 9.12. The number of benzene rings is 2. The smallest absolute Gasteiger partial charge is 0.278 e. The van der Waals surface area contributed by atoms with Crippen LogP contribution in [0.15, 0.2) is 59.1 Å². The van der Waals surface area contributed by atoms with E-state index in [0.717, 1.165) is 22.6 Å². The van der Waals surface area contributed by atoms with E-state index in [1.165, 1.54) is 0 Å². The second-order valence-electron chi connectivity index (χ2n) is 6.71. The van der Waals surface area contributed by atoms with Crippen molar-refractivity contribution >= 4 is 11.6 Å². The summed E-state index contributed by atoms with van der Waals surface area (Å²) in [5.41, 5.74) is 3.46. The molecule has 0 bridgehead atoms. The zero-order valence-corrected chi connectivity index (χ0v) is 16.3. The summed E-state index contributed by atoms with van der Waals surface area (Å²) in [7, 11) is 1.65. The van der Waals surface area contributed by atoms with Crippen LogP contribution in [0.3, 0.4) is 0 Å². The van der Waals surface area contributed by atoms with Crippen molar-refractivity contribution in [1.82, 2.24) is 19.9 Å². The second-order valence-corrected chi connectivity index (χ2v) is 7.15. The van der Waals surface area contributed by atoms with Crippen LogP contribution in [0.1, 0.15) is 17.4 Å². The van der Waals surface area contributed by atoms with Crippen molar-refractivity contribution in [2.75, 3.05) is 7.11 Å². The SMILES string of the molecule is COc1ccc([C@H]2Cn3nc(-c4nc(-c5cccc(Cl)c5)no4)cc3CO2)cc1. The van der Waals surface area contributed by atoms with Crippen LogP contribution in [0, 0.1) is 0 Å². The molecular weight excluding hydrogens is 392 g/mol. The minimum absolute atomic E-state index is 0.0779. The van der Waals surface area contributed by atoms with E-state index in [1.807, 2.05) is 47.1 Å². The van der Waals surface area contributed by atoms with Gasteiger partial charge in [-0.25, -0.2) is 0 Å². The van der Waals surface area contributed by atoms with Crippen molar-refractivity contribution < 1.29 is 14.0 Å². The van der Waals surface area contributed by atoms with Crippen molar-refractivity contribution in [2.45, 2.75) is 19.3 Å².